The lowest BCUT2D eigenvalue weighted by Crippen LogP contribution is -2.12. The molecule has 1 rings (SSSR count). The van der Waals surface area contributed by atoms with E-state index in [1.54, 1.807) is 0 Å². The molecule has 0 fully saturated rings. The molecule has 0 saturated carbocycles. The van der Waals surface area contributed by atoms with Crippen LogP contribution in [0.25, 0.3) is 0 Å². The molecule has 0 aromatic heterocycles. The number of hydrogen-bond acceptors (Lipinski definition) is 1. The average Bonchev–Trinajstić information content (AvgIpc) is 1.93. The fraction of sp³-hybridized carbons (Fsp3) is 0.250. The minimum Gasteiger partial charge on any atom is -0.398 e. The van der Waals surface area contributed by atoms with Crippen molar-refractivity contribution < 1.29 is 13.2 Å². The summed E-state index contributed by atoms with van der Waals surface area (Å²) >= 11 is 3.11. The van der Waals surface area contributed by atoms with Gasteiger partial charge < -0.3 is 5.73 Å². The Bertz CT molecular complexity index is 309. The topological polar surface area (TPSA) is 26.0 Å². The van der Waals surface area contributed by atoms with Gasteiger partial charge in [-0.3, -0.25) is 0 Å². The predicted molar refractivity (Wildman–Crippen MR) is 48.3 cm³/mol. The number of hydrogen-bond donors (Lipinski definition) is 1. The highest BCUT2D eigenvalue weighted by atomic mass is 79.9. The van der Waals surface area contributed by atoms with E-state index in [4.69, 9.17) is 5.73 Å². The van der Waals surface area contributed by atoms with Crippen LogP contribution in [-0.4, -0.2) is 6.18 Å². The van der Waals surface area contributed by atoms with Crippen LogP contribution in [0.2, 0.25) is 0 Å². The van der Waals surface area contributed by atoms with Crippen molar-refractivity contribution in [3.05, 3.63) is 28.2 Å². The Morgan fingerprint density at radius 3 is 2.38 bits per heavy atom. The molecular formula is C8H7BrF3N. The molecule has 72 valence electrons. The van der Waals surface area contributed by atoms with E-state index in [1.807, 2.05) is 0 Å². The van der Waals surface area contributed by atoms with Crippen LogP contribution < -0.4 is 5.73 Å². The van der Waals surface area contributed by atoms with Crippen LogP contribution in [0.4, 0.5) is 18.9 Å². The van der Waals surface area contributed by atoms with Gasteiger partial charge in [-0.25, -0.2) is 0 Å². The zero-order valence-corrected chi connectivity index (χ0v) is 8.11. The van der Waals surface area contributed by atoms with Crippen LogP contribution in [0.3, 0.4) is 0 Å². The Kier molecular flexibility index (Phi) is 2.85. The molecule has 0 spiro atoms. The normalized spacial score (nSPS) is 11.7. The Balaban J connectivity index is 2.90. The van der Waals surface area contributed by atoms with E-state index >= 15 is 0 Å². The first kappa shape index (κ1) is 10.4. The zero-order valence-electron chi connectivity index (χ0n) is 6.53. The first-order valence-corrected chi connectivity index (χ1v) is 4.28. The summed E-state index contributed by atoms with van der Waals surface area (Å²) < 4.78 is 36.5. The summed E-state index contributed by atoms with van der Waals surface area (Å²) in [4.78, 5) is 0. The van der Waals surface area contributed by atoms with Gasteiger partial charge in [0.1, 0.15) is 0 Å². The summed E-state index contributed by atoms with van der Waals surface area (Å²) in [6, 6.07) is 4.37. The smallest absolute Gasteiger partial charge is 0.393 e. The Morgan fingerprint density at radius 2 is 1.92 bits per heavy atom. The molecule has 0 heterocycles. The summed E-state index contributed by atoms with van der Waals surface area (Å²) in [5, 5.41) is 0. The van der Waals surface area contributed by atoms with E-state index in [2.05, 4.69) is 15.9 Å². The van der Waals surface area contributed by atoms with Gasteiger partial charge in [0.2, 0.25) is 0 Å². The van der Waals surface area contributed by atoms with Crippen LogP contribution in [0.1, 0.15) is 5.56 Å². The van der Waals surface area contributed by atoms with Crippen molar-refractivity contribution in [3.63, 3.8) is 0 Å². The average molecular weight is 254 g/mol. The van der Waals surface area contributed by atoms with Crippen molar-refractivity contribution in [2.75, 3.05) is 5.73 Å². The second kappa shape index (κ2) is 3.57. The van der Waals surface area contributed by atoms with E-state index in [0.717, 1.165) is 0 Å². The summed E-state index contributed by atoms with van der Waals surface area (Å²) in [7, 11) is 0. The van der Waals surface area contributed by atoms with Crippen LogP contribution >= 0.6 is 15.9 Å². The third-order valence-corrected chi connectivity index (χ3v) is 1.99. The summed E-state index contributed by atoms with van der Waals surface area (Å²) in [6.07, 6.45) is -5.19. The third kappa shape index (κ3) is 3.26. The van der Waals surface area contributed by atoms with Crippen molar-refractivity contribution in [2.45, 2.75) is 12.6 Å². The molecule has 0 aliphatic rings. The highest BCUT2D eigenvalue weighted by molar-refractivity contribution is 9.10. The van der Waals surface area contributed by atoms with E-state index in [1.165, 1.54) is 18.2 Å². The number of alkyl halides is 3. The molecule has 0 saturated heterocycles. The van der Waals surface area contributed by atoms with Crippen molar-refractivity contribution in [2.24, 2.45) is 0 Å². The van der Waals surface area contributed by atoms with E-state index in [-0.39, 0.29) is 11.3 Å². The van der Waals surface area contributed by atoms with Gasteiger partial charge in [0.05, 0.1) is 6.42 Å². The maximum Gasteiger partial charge on any atom is 0.393 e. The first-order chi connectivity index (χ1) is 5.88. The molecule has 0 radical (unpaired) electrons. The molecular weight excluding hydrogens is 247 g/mol. The summed E-state index contributed by atoms with van der Waals surface area (Å²) in [5.41, 5.74) is 5.66. The highest BCUT2D eigenvalue weighted by Gasteiger charge is 2.28. The number of nitrogens with two attached hydrogens (primary N) is 1. The molecule has 1 aromatic carbocycles. The molecule has 0 bridgehead atoms. The van der Waals surface area contributed by atoms with Gasteiger partial charge in [0.15, 0.2) is 0 Å². The number of rotatable bonds is 1. The van der Waals surface area contributed by atoms with Gasteiger partial charge in [-0.1, -0.05) is 22.0 Å². The second-order valence-corrected chi connectivity index (χ2v) is 3.55. The zero-order chi connectivity index (χ0) is 10.1. The molecule has 0 aliphatic heterocycles. The van der Waals surface area contributed by atoms with E-state index in [0.29, 0.717) is 4.47 Å². The first-order valence-electron chi connectivity index (χ1n) is 3.49. The van der Waals surface area contributed by atoms with Gasteiger partial charge in [0, 0.05) is 10.2 Å². The fourth-order valence-electron chi connectivity index (χ4n) is 0.943. The molecule has 13 heavy (non-hydrogen) atoms. The van der Waals surface area contributed by atoms with Crippen LogP contribution in [0.5, 0.6) is 0 Å². The lowest BCUT2D eigenvalue weighted by molar-refractivity contribution is -0.127. The van der Waals surface area contributed by atoms with Crippen molar-refractivity contribution in [1.29, 1.82) is 0 Å². The van der Waals surface area contributed by atoms with Gasteiger partial charge in [-0.2, -0.15) is 13.2 Å². The van der Waals surface area contributed by atoms with Crippen molar-refractivity contribution in [3.8, 4) is 0 Å². The number of benzene rings is 1. The number of halogens is 4. The van der Waals surface area contributed by atoms with Gasteiger partial charge in [-0.05, 0) is 17.7 Å². The largest absolute Gasteiger partial charge is 0.398 e. The molecule has 1 aromatic rings. The highest BCUT2D eigenvalue weighted by Crippen LogP contribution is 2.26. The van der Waals surface area contributed by atoms with Crippen LogP contribution in [0, 0.1) is 0 Å². The molecule has 0 aliphatic carbocycles. The minimum atomic E-state index is -4.21. The maximum atomic E-state index is 12.0. The van der Waals surface area contributed by atoms with Gasteiger partial charge >= 0.3 is 6.18 Å². The van der Waals surface area contributed by atoms with Crippen LogP contribution in [0.15, 0.2) is 22.7 Å². The van der Waals surface area contributed by atoms with E-state index in [9.17, 15) is 13.2 Å². The summed E-state index contributed by atoms with van der Waals surface area (Å²) in [6.45, 7) is 0. The van der Waals surface area contributed by atoms with Crippen molar-refractivity contribution >= 4 is 21.6 Å². The van der Waals surface area contributed by atoms with Gasteiger partial charge in [-0.15, -0.1) is 0 Å². The molecule has 5 heteroatoms. The Morgan fingerprint density at radius 1 is 1.31 bits per heavy atom. The van der Waals surface area contributed by atoms with E-state index < -0.39 is 12.6 Å². The third-order valence-electron chi connectivity index (χ3n) is 1.50. The number of nitrogen functional groups attached to an aromatic ring is 1. The predicted octanol–water partition coefficient (Wildman–Crippen LogP) is 3.14. The molecule has 1 nitrogen and oxygen atoms in total. The Hall–Kier alpha value is -0.710. The monoisotopic (exact) mass is 253 g/mol. The maximum absolute atomic E-state index is 12.0. The Labute approximate surface area is 81.9 Å². The molecule has 0 atom stereocenters. The lowest BCUT2D eigenvalue weighted by Gasteiger charge is -2.08. The molecule has 2 N–H and O–H groups in total. The van der Waals surface area contributed by atoms with Crippen LogP contribution in [-0.2, 0) is 6.42 Å². The molecule has 0 unspecified atom stereocenters. The minimum absolute atomic E-state index is 0.107. The second-order valence-electron chi connectivity index (χ2n) is 2.64. The quantitative estimate of drug-likeness (QED) is 0.765. The fourth-order valence-corrected chi connectivity index (χ4v) is 1.32. The number of anilines is 1. The summed E-state index contributed by atoms with van der Waals surface area (Å²) in [5.74, 6) is 0. The molecule has 0 amide bonds. The van der Waals surface area contributed by atoms with Gasteiger partial charge in [0.25, 0.3) is 0 Å². The SMILES string of the molecule is Nc1cc(Br)ccc1CC(F)(F)F. The lowest BCUT2D eigenvalue weighted by atomic mass is 10.1. The van der Waals surface area contributed by atoms with Crippen molar-refractivity contribution in [1.82, 2.24) is 0 Å². The standard InChI is InChI=1S/C8H7BrF3N/c9-6-2-1-5(7(13)3-6)4-8(10,11)12/h1-3H,4,13H2.